The molecule has 2 heterocycles. The van der Waals surface area contributed by atoms with Gasteiger partial charge in [-0.1, -0.05) is 0 Å². The lowest BCUT2D eigenvalue weighted by atomic mass is 10.2. The topological polar surface area (TPSA) is 133 Å². The summed E-state index contributed by atoms with van der Waals surface area (Å²) in [6.45, 7) is 1.63. The van der Waals surface area contributed by atoms with Crippen LogP contribution in [0.3, 0.4) is 0 Å². The Balaban J connectivity index is 2.00. The van der Waals surface area contributed by atoms with Crippen LogP contribution in [0.4, 0.5) is 11.6 Å². The summed E-state index contributed by atoms with van der Waals surface area (Å²) in [7, 11) is 0. The molecule has 0 aliphatic heterocycles. The highest BCUT2D eigenvalue weighted by Crippen LogP contribution is 2.29. The summed E-state index contributed by atoms with van der Waals surface area (Å²) in [4.78, 5) is 18.3. The first-order chi connectivity index (χ1) is 10.0. The van der Waals surface area contributed by atoms with Crippen LogP contribution in [0.2, 0.25) is 0 Å². The molecule has 0 aliphatic rings. The molecule has 3 N–H and O–H groups in total. The van der Waals surface area contributed by atoms with Gasteiger partial charge in [0.15, 0.2) is 5.65 Å². The van der Waals surface area contributed by atoms with Crippen molar-refractivity contribution in [1.29, 1.82) is 0 Å². The fraction of sp³-hybridized carbons (Fsp3) is 0.0833. The van der Waals surface area contributed by atoms with Gasteiger partial charge in [-0.3, -0.25) is 15.2 Å². The number of nitrogens with one attached hydrogen (secondary N) is 1. The van der Waals surface area contributed by atoms with Crippen LogP contribution in [-0.2, 0) is 0 Å². The Kier molecular flexibility index (Phi) is 2.87. The lowest BCUT2D eigenvalue weighted by Gasteiger charge is -2.07. The summed E-state index contributed by atoms with van der Waals surface area (Å²) in [5.41, 5.74) is 6.56. The number of hydrogen-bond acceptors (Lipinski definition) is 7. The number of nitro benzene ring substituents is 1. The number of nitrogens with two attached hydrogens (primary N) is 1. The van der Waals surface area contributed by atoms with Crippen molar-refractivity contribution in [2.45, 2.75) is 6.92 Å². The second-order valence-electron chi connectivity index (χ2n) is 4.33. The van der Waals surface area contributed by atoms with E-state index in [1.54, 1.807) is 13.0 Å². The number of aromatic nitrogens is 4. The SMILES string of the molecule is Cc1cc(Oc2nc(N)nc3[nH]ncc23)ccc1[N+](=O)[O-]. The molecule has 0 bridgehead atoms. The number of H-pyrrole nitrogens is 1. The number of benzene rings is 1. The van der Waals surface area contributed by atoms with Gasteiger partial charge in [-0.25, -0.2) is 0 Å². The van der Waals surface area contributed by atoms with Crippen molar-refractivity contribution in [2.24, 2.45) is 0 Å². The molecule has 3 rings (SSSR count). The number of ether oxygens (including phenoxy) is 1. The Hall–Kier alpha value is -3.23. The average Bonchev–Trinajstić information content (AvgIpc) is 2.86. The second kappa shape index (κ2) is 4.71. The monoisotopic (exact) mass is 286 g/mol. The van der Waals surface area contributed by atoms with Crippen LogP contribution < -0.4 is 10.5 Å². The summed E-state index contributed by atoms with van der Waals surface area (Å²) < 4.78 is 5.63. The van der Waals surface area contributed by atoms with E-state index in [4.69, 9.17) is 10.5 Å². The minimum atomic E-state index is -0.448. The number of rotatable bonds is 3. The molecule has 2 aromatic heterocycles. The van der Waals surface area contributed by atoms with Gasteiger partial charge in [0, 0.05) is 11.6 Å². The van der Waals surface area contributed by atoms with Crippen molar-refractivity contribution in [3.63, 3.8) is 0 Å². The van der Waals surface area contributed by atoms with Crippen molar-refractivity contribution in [3.8, 4) is 11.6 Å². The summed E-state index contributed by atoms with van der Waals surface area (Å²) in [6.07, 6.45) is 1.52. The predicted octanol–water partition coefficient (Wildman–Crippen LogP) is 1.94. The van der Waals surface area contributed by atoms with Crippen LogP contribution in [0.1, 0.15) is 5.56 Å². The predicted molar refractivity (Wildman–Crippen MR) is 74.0 cm³/mol. The van der Waals surface area contributed by atoms with Crippen molar-refractivity contribution >= 4 is 22.7 Å². The van der Waals surface area contributed by atoms with E-state index in [-0.39, 0.29) is 17.5 Å². The maximum Gasteiger partial charge on any atom is 0.272 e. The van der Waals surface area contributed by atoms with E-state index in [1.807, 2.05) is 0 Å². The van der Waals surface area contributed by atoms with Crippen LogP contribution in [-0.4, -0.2) is 25.1 Å². The molecular formula is C12H10N6O3. The molecule has 21 heavy (non-hydrogen) atoms. The Morgan fingerprint density at radius 3 is 2.90 bits per heavy atom. The highest BCUT2D eigenvalue weighted by molar-refractivity contribution is 5.80. The van der Waals surface area contributed by atoms with Gasteiger partial charge in [0.1, 0.15) is 11.1 Å². The zero-order valence-corrected chi connectivity index (χ0v) is 10.9. The highest BCUT2D eigenvalue weighted by Gasteiger charge is 2.14. The molecule has 3 aromatic rings. The van der Waals surface area contributed by atoms with Gasteiger partial charge in [0.2, 0.25) is 11.8 Å². The maximum absolute atomic E-state index is 10.8. The molecule has 0 saturated carbocycles. The summed E-state index contributed by atoms with van der Waals surface area (Å²) in [6, 6.07) is 4.43. The number of anilines is 1. The summed E-state index contributed by atoms with van der Waals surface area (Å²) >= 11 is 0. The number of nitrogens with zero attached hydrogens (tertiary/aromatic N) is 4. The first-order valence-electron chi connectivity index (χ1n) is 5.94. The van der Waals surface area contributed by atoms with Crippen molar-refractivity contribution < 1.29 is 9.66 Å². The zero-order chi connectivity index (χ0) is 15.0. The van der Waals surface area contributed by atoms with E-state index in [0.29, 0.717) is 22.3 Å². The van der Waals surface area contributed by atoms with Crippen molar-refractivity contribution in [1.82, 2.24) is 20.2 Å². The Morgan fingerprint density at radius 2 is 2.19 bits per heavy atom. The smallest absolute Gasteiger partial charge is 0.272 e. The highest BCUT2D eigenvalue weighted by atomic mass is 16.6. The number of aryl methyl sites for hydroxylation is 1. The van der Waals surface area contributed by atoms with Gasteiger partial charge in [0.25, 0.3) is 5.69 Å². The number of nitrogen functional groups attached to an aromatic ring is 1. The van der Waals surface area contributed by atoms with E-state index < -0.39 is 4.92 Å². The molecule has 0 spiro atoms. The number of aromatic amines is 1. The lowest BCUT2D eigenvalue weighted by Crippen LogP contribution is -1.98. The van der Waals surface area contributed by atoms with E-state index in [9.17, 15) is 10.1 Å². The van der Waals surface area contributed by atoms with Gasteiger partial charge < -0.3 is 10.5 Å². The van der Waals surface area contributed by atoms with Gasteiger partial charge >= 0.3 is 0 Å². The second-order valence-corrected chi connectivity index (χ2v) is 4.33. The Bertz CT molecular complexity index is 844. The molecule has 0 fully saturated rings. The molecule has 0 aliphatic carbocycles. The molecule has 9 nitrogen and oxygen atoms in total. The zero-order valence-electron chi connectivity index (χ0n) is 10.9. The minimum Gasteiger partial charge on any atom is -0.438 e. The van der Waals surface area contributed by atoms with Crippen LogP contribution in [0, 0.1) is 17.0 Å². The quantitative estimate of drug-likeness (QED) is 0.555. The molecular weight excluding hydrogens is 276 g/mol. The average molecular weight is 286 g/mol. The summed E-state index contributed by atoms with van der Waals surface area (Å²) in [5.74, 6) is 0.693. The van der Waals surface area contributed by atoms with Gasteiger partial charge in [-0.2, -0.15) is 15.1 Å². The maximum atomic E-state index is 10.8. The number of nitro groups is 1. The third kappa shape index (κ3) is 2.31. The normalized spacial score (nSPS) is 10.7. The fourth-order valence-electron chi connectivity index (χ4n) is 1.91. The van der Waals surface area contributed by atoms with E-state index in [1.165, 1.54) is 18.3 Å². The van der Waals surface area contributed by atoms with E-state index in [0.717, 1.165) is 0 Å². The van der Waals surface area contributed by atoms with Gasteiger partial charge in [-0.15, -0.1) is 0 Å². The van der Waals surface area contributed by atoms with Crippen LogP contribution in [0.15, 0.2) is 24.4 Å². The number of fused-ring (bicyclic) bond motifs is 1. The summed E-state index contributed by atoms with van der Waals surface area (Å²) in [5, 5.41) is 17.9. The van der Waals surface area contributed by atoms with Crippen LogP contribution >= 0.6 is 0 Å². The number of hydrogen-bond donors (Lipinski definition) is 2. The van der Waals surface area contributed by atoms with E-state index >= 15 is 0 Å². The van der Waals surface area contributed by atoms with E-state index in [2.05, 4.69) is 20.2 Å². The van der Waals surface area contributed by atoms with Crippen LogP contribution in [0.5, 0.6) is 11.6 Å². The Labute approximate surface area is 117 Å². The molecule has 0 unspecified atom stereocenters. The third-order valence-electron chi connectivity index (χ3n) is 2.87. The molecule has 1 aromatic carbocycles. The first-order valence-corrected chi connectivity index (χ1v) is 5.94. The minimum absolute atomic E-state index is 0.0259. The van der Waals surface area contributed by atoms with Gasteiger partial charge in [-0.05, 0) is 19.1 Å². The molecule has 0 atom stereocenters. The first kappa shape index (κ1) is 12.8. The largest absolute Gasteiger partial charge is 0.438 e. The third-order valence-corrected chi connectivity index (χ3v) is 2.87. The standard InChI is InChI=1S/C12H10N6O3/c1-6-4-7(2-3-9(6)18(19)20)21-11-8-5-14-17-10(8)15-12(13)16-11/h2-5H,1H3,(H3,13,14,15,16,17). The molecule has 0 amide bonds. The molecule has 0 radical (unpaired) electrons. The lowest BCUT2D eigenvalue weighted by molar-refractivity contribution is -0.385. The molecule has 0 saturated heterocycles. The molecule has 9 heteroatoms. The molecule has 106 valence electrons. The van der Waals surface area contributed by atoms with Crippen molar-refractivity contribution in [3.05, 3.63) is 40.1 Å². The van der Waals surface area contributed by atoms with Crippen LogP contribution in [0.25, 0.3) is 11.0 Å². The Morgan fingerprint density at radius 1 is 1.38 bits per heavy atom. The van der Waals surface area contributed by atoms with Crippen molar-refractivity contribution in [2.75, 3.05) is 5.73 Å². The fourth-order valence-corrected chi connectivity index (χ4v) is 1.91. The van der Waals surface area contributed by atoms with Gasteiger partial charge in [0.05, 0.1) is 11.1 Å².